The van der Waals surface area contributed by atoms with E-state index < -0.39 is 0 Å². The third-order valence-corrected chi connectivity index (χ3v) is 4.45. The van der Waals surface area contributed by atoms with Crippen molar-refractivity contribution < 1.29 is 4.74 Å². The summed E-state index contributed by atoms with van der Waals surface area (Å²) in [7, 11) is 0. The molecule has 0 amide bonds. The summed E-state index contributed by atoms with van der Waals surface area (Å²) < 4.78 is 6.24. The first-order chi connectivity index (χ1) is 6.69. The molecule has 1 saturated heterocycles. The van der Waals surface area contributed by atoms with Gasteiger partial charge in [0.15, 0.2) is 0 Å². The fourth-order valence-corrected chi connectivity index (χ4v) is 3.41. The van der Waals surface area contributed by atoms with Gasteiger partial charge in [-0.2, -0.15) is 0 Å². The predicted octanol–water partition coefficient (Wildman–Crippen LogP) is 2.32. The van der Waals surface area contributed by atoms with Gasteiger partial charge in [0.25, 0.3) is 0 Å². The average Bonchev–Trinajstić information content (AvgIpc) is 2.60. The van der Waals surface area contributed by atoms with Gasteiger partial charge in [0.2, 0.25) is 0 Å². The van der Waals surface area contributed by atoms with Crippen LogP contribution < -0.4 is 5.73 Å². The van der Waals surface area contributed by atoms with Crippen LogP contribution in [0.2, 0.25) is 0 Å². The molecular formula is C12H23NO. The second-order valence-electron chi connectivity index (χ2n) is 5.20. The molecule has 4 atom stereocenters. The molecule has 0 aromatic carbocycles. The van der Waals surface area contributed by atoms with Crippen molar-refractivity contribution in [2.75, 3.05) is 6.54 Å². The Kier molecular flexibility index (Phi) is 2.85. The van der Waals surface area contributed by atoms with E-state index in [2.05, 4.69) is 13.8 Å². The molecule has 1 spiro atoms. The van der Waals surface area contributed by atoms with Gasteiger partial charge in [0.1, 0.15) is 0 Å². The van der Waals surface area contributed by atoms with E-state index in [4.69, 9.17) is 10.5 Å². The highest BCUT2D eigenvalue weighted by molar-refractivity contribution is 4.99. The first kappa shape index (κ1) is 10.4. The maximum atomic E-state index is 6.24. The summed E-state index contributed by atoms with van der Waals surface area (Å²) in [6.45, 7) is 5.41. The van der Waals surface area contributed by atoms with Gasteiger partial charge in [0, 0.05) is 6.54 Å². The van der Waals surface area contributed by atoms with Crippen molar-refractivity contribution in [1.82, 2.24) is 0 Å². The van der Waals surface area contributed by atoms with Crippen molar-refractivity contribution in [2.45, 2.75) is 57.7 Å². The smallest absolute Gasteiger partial charge is 0.0738 e. The molecule has 2 aliphatic rings. The van der Waals surface area contributed by atoms with Gasteiger partial charge < -0.3 is 10.5 Å². The molecule has 82 valence electrons. The first-order valence-electron chi connectivity index (χ1n) is 6.07. The molecule has 0 radical (unpaired) electrons. The van der Waals surface area contributed by atoms with Crippen LogP contribution in [0.3, 0.4) is 0 Å². The Hall–Kier alpha value is -0.0800. The van der Waals surface area contributed by atoms with Crippen molar-refractivity contribution in [3.63, 3.8) is 0 Å². The Balaban J connectivity index is 2.12. The summed E-state index contributed by atoms with van der Waals surface area (Å²) in [6.07, 6.45) is 6.78. The van der Waals surface area contributed by atoms with Crippen LogP contribution in [0.1, 0.15) is 46.0 Å². The van der Waals surface area contributed by atoms with Gasteiger partial charge >= 0.3 is 0 Å². The molecule has 0 bridgehead atoms. The quantitative estimate of drug-likeness (QED) is 0.700. The van der Waals surface area contributed by atoms with E-state index >= 15 is 0 Å². The average molecular weight is 197 g/mol. The van der Waals surface area contributed by atoms with Crippen molar-refractivity contribution >= 4 is 0 Å². The highest BCUT2D eigenvalue weighted by Gasteiger charge is 2.49. The molecule has 1 aliphatic carbocycles. The maximum Gasteiger partial charge on any atom is 0.0738 e. The molecule has 2 fully saturated rings. The summed E-state index contributed by atoms with van der Waals surface area (Å²) in [6, 6.07) is 0. The monoisotopic (exact) mass is 197 g/mol. The molecule has 2 heteroatoms. The second kappa shape index (κ2) is 3.82. The minimum atomic E-state index is 0.183. The van der Waals surface area contributed by atoms with Crippen molar-refractivity contribution in [3.05, 3.63) is 0 Å². The molecule has 14 heavy (non-hydrogen) atoms. The molecule has 0 aromatic rings. The summed E-state index contributed by atoms with van der Waals surface area (Å²) in [5, 5.41) is 0. The van der Waals surface area contributed by atoms with Crippen LogP contribution in [0.4, 0.5) is 0 Å². The molecule has 1 unspecified atom stereocenters. The van der Waals surface area contributed by atoms with Crippen LogP contribution in [0.5, 0.6) is 0 Å². The summed E-state index contributed by atoms with van der Waals surface area (Å²) in [5.41, 5.74) is 5.87. The largest absolute Gasteiger partial charge is 0.370 e. The predicted molar refractivity (Wildman–Crippen MR) is 58.1 cm³/mol. The van der Waals surface area contributed by atoms with Crippen LogP contribution in [0.15, 0.2) is 0 Å². The van der Waals surface area contributed by atoms with Crippen molar-refractivity contribution in [1.29, 1.82) is 0 Å². The molecule has 1 aliphatic heterocycles. The van der Waals surface area contributed by atoms with Crippen LogP contribution in [-0.4, -0.2) is 18.2 Å². The second-order valence-corrected chi connectivity index (χ2v) is 5.20. The molecule has 2 nitrogen and oxygen atoms in total. The van der Waals surface area contributed by atoms with Gasteiger partial charge in [-0.1, -0.05) is 20.3 Å². The van der Waals surface area contributed by atoms with E-state index in [0.29, 0.717) is 12.6 Å². The van der Waals surface area contributed by atoms with E-state index in [1.165, 1.54) is 32.1 Å². The van der Waals surface area contributed by atoms with Gasteiger partial charge in [-0.3, -0.25) is 0 Å². The van der Waals surface area contributed by atoms with Crippen molar-refractivity contribution in [2.24, 2.45) is 17.6 Å². The lowest BCUT2D eigenvalue weighted by molar-refractivity contribution is -0.124. The fourth-order valence-electron chi connectivity index (χ4n) is 3.41. The van der Waals surface area contributed by atoms with E-state index in [-0.39, 0.29) is 5.60 Å². The Labute approximate surface area is 87.2 Å². The molecular weight excluding hydrogens is 174 g/mol. The van der Waals surface area contributed by atoms with E-state index in [1.54, 1.807) is 0 Å². The Morgan fingerprint density at radius 3 is 2.36 bits per heavy atom. The van der Waals surface area contributed by atoms with Gasteiger partial charge in [-0.15, -0.1) is 0 Å². The van der Waals surface area contributed by atoms with Crippen molar-refractivity contribution in [3.8, 4) is 0 Å². The third-order valence-electron chi connectivity index (χ3n) is 4.45. The molecule has 0 aromatic heterocycles. The highest BCUT2D eigenvalue weighted by Crippen LogP contribution is 2.48. The van der Waals surface area contributed by atoms with E-state index in [9.17, 15) is 0 Å². The lowest BCUT2D eigenvalue weighted by Crippen LogP contribution is -2.46. The molecule has 2 rings (SSSR count). The van der Waals surface area contributed by atoms with Gasteiger partial charge in [-0.05, 0) is 37.5 Å². The topological polar surface area (TPSA) is 35.2 Å². The Morgan fingerprint density at radius 1 is 1.21 bits per heavy atom. The molecule has 1 heterocycles. The highest BCUT2D eigenvalue weighted by atomic mass is 16.5. The number of hydrogen-bond donors (Lipinski definition) is 1. The van der Waals surface area contributed by atoms with Crippen LogP contribution in [-0.2, 0) is 4.74 Å². The number of nitrogens with two attached hydrogens (primary N) is 1. The van der Waals surface area contributed by atoms with E-state index in [0.717, 1.165) is 11.8 Å². The van der Waals surface area contributed by atoms with Crippen LogP contribution in [0, 0.1) is 11.8 Å². The zero-order valence-corrected chi connectivity index (χ0v) is 9.46. The zero-order valence-electron chi connectivity index (χ0n) is 9.46. The first-order valence-corrected chi connectivity index (χ1v) is 6.07. The maximum absolute atomic E-state index is 6.24. The lowest BCUT2D eigenvalue weighted by Gasteiger charge is -2.44. The number of rotatable bonds is 1. The SMILES string of the molecule is C[C@@H]1CCC[C@H](C)C12CC[C@H](CN)O2. The summed E-state index contributed by atoms with van der Waals surface area (Å²) in [4.78, 5) is 0. The number of hydrogen-bond acceptors (Lipinski definition) is 2. The third kappa shape index (κ3) is 1.49. The minimum Gasteiger partial charge on any atom is -0.370 e. The van der Waals surface area contributed by atoms with Crippen LogP contribution in [0.25, 0.3) is 0 Å². The Morgan fingerprint density at radius 2 is 1.86 bits per heavy atom. The van der Waals surface area contributed by atoms with E-state index in [1.807, 2.05) is 0 Å². The summed E-state index contributed by atoms with van der Waals surface area (Å²) >= 11 is 0. The van der Waals surface area contributed by atoms with Gasteiger partial charge in [-0.25, -0.2) is 0 Å². The normalized spacial score (nSPS) is 48.6. The van der Waals surface area contributed by atoms with Gasteiger partial charge in [0.05, 0.1) is 11.7 Å². The lowest BCUT2D eigenvalue weighted by atomic mass is 9.68. The molecule has 1 saturated carbocycles. The fraction of sp³-hybridized carbons (Fsp3) is 1.00. The number of ether oxygens (including phenoxy) is 1. The standard InChI is InChI=1S/C12H23NO/c1-9-4-3-5-10(2)12(9)7-6-11(8-13)14-12/h9-11H,3-8,13H2,1-2H3/t9-,10+,11-,12?/m1/s1. The Bertz CT molecular complexity index is 194. The van der Waals surface area contributed by atoms with Crippen LogP contribution >= 0.6 is 0 Å². The molecule has 2 N–H and O–H groups in total. The zero-order chi connectivity index (χ0) is 10.2. The summed E-state index contributed by atoms with van der Waals surface area (Å²) in [5.74, 6) is 1.45. The minimum absolute atomic E-state index is 0.183.